The van der Waals surface area contributed by atoms with Gasteiger partial charge in [0, 0.05) is 17.7 Å². The van der Waals surface area contributed by atoms with E-state index in [9.17, 15) is 14.4 Å². The summed E-state index contributed by atoms with van der Waals surface area (Å²) in [4.78, 5) is 37.8. The van der Waals surface area contributed by atoms with Gasteiger partial charge in [0.1, 0.15) is 11.3 Å². The fourth-order valence-corrected chi connectivity index (χ4v) is 3.63. The van der Waals surface area contributed by atoms with Gasteiger partial charge in [0.2, 0.25) is 0 Å². The minimum atomic E-state index is -0.610. The molecule has 2 rings (SSSR count). The van der Waals surface area contributed by atoms with Gasteiger partial charge in [-0.3, -0.25) is 0 Å². The normalized spacial score (nSPS) is 16.5. The van der Waals surface area contributed by atoms with Crippen LogP contribution in [0.25, 0.3) is 6.08 Å². The Morgan fingerprint density at radius 1 is 1.00 bits per heavy atom. The summed E-state index contributed by atoms with van der Waals surface area (Å²) in [5.74, 6) is -2.01. The topological polar surface area (TPSA) is 90.9 Å². The molecule has 0 aromatic heterocycles. The van der Waals surface area contributed by atoms with Crippen molar-refractivity contribution in [2.24, 2.45) is 0 Å². The molecule has 1 heterocycles. The molecular weight excluding hydrogens is 422 g/mol. The average molecular weight is 456 g/mol. The van der Waals surface area contributed by atoms with Crippen molar-refractivity contribution in [3.8, 4) is 0 Å². The number of carbonyl (C=O) groups is 3. The number of hydrogen-bond acceptors (Lipinski definition) is 7. The van der Waals surface area contributed by atoms with Crippen LogP contribution < -0.4 is 5.32 Å². The van der Waals surface area contributed by atoms with Crippen LogP contribution >= 0.6 is 0 Å². The molecule has 0 radical (unpaired) electrons. The molecule has 0 fully saturated rings. The number of nitrogens with one attached hydrogen (secondary N) is 1. The molecule has 1 aromatic carbocycles. The van der Waals surface area contributed by atoms with Gasteiger partial charge in [-0.2, -0.15) is 0 Å². The van der Waals surface area contributed by atoms with Gasteiger partial charge in [0.05, 0.1) is 18.8 Å². The van der Waals surface area contributed by atoms with Gasteiger partial charge in [-0.25, -0.2) is 14.4 Å². The number of carbonyl (C=O) groups excluding carboxylic acids is 3. The first kappa shape index (κ1) is 25.9. The number of esters is 3. The Morgan fingerprint density at radius 2 is 1.61 bits per heavy atom. The molecule has 0 saturated heterocycles. The molecule has 1 N–H and O–H groups in total. The second-order valence-corrected chi connectivity index (χ2v) is 8.59. The fraction of sp³-hybridized carbons (Fsp3) is 0.423. The van der Waals surface area contributed by atoms with Crippen molar-refractivity contribution in [1.29, 1.82) is 0 Å². The molecule has 1 unspecified atom stereocenters. The second-order valence-electron chi connectivity index (χ2n) is 8.59. The van der Waals surface area contributed by atoms with E-state index in [-0.39, 0.29) is 13.2 Å². The Balaban J connectivity index is 2.61. The molecule has 0 spiro atoms. The van der Waals surface area contributed by atoms with E-state index in [1.807, 2.05) is 24.3 Å². The monoisotopic (exact) mass is 455 g/mol. The number of allylic oxidation sites excluding steroid dienone is 2. The third-order valence-electron chi connectivity index (χ3n) is 4.92. The zero-order chi connectivity index (χ0) is 24.8. The smallest absolute Gasteiger partial charge is 0.354 e. The Kier molecular flexibility index (Phi) is 8.63. The summed E-state index contributed by atoms with van der Waals surface area (Å²) in [6.45, 7) is 12.8. The number of rotatable bonds is 7. The highest BCUT2D eigenvalue weighted by molar-refractivity contribution is 5.97. The molecule has 0 bridgehead atoms. The molecule has 0 amide bonds. The van der Waals surface area contributed by atoms with Crippen LogP contribution in [-0.4, -0.2) is 36.7 Å². The first-order chi connectivity index (χ1) is 15.5. The van der Waals surface area contributed by atoms with E-state index in [2.05, 4.69) is 5.32 Å². The molecule has 0 aliphatic carbocycles. The van der Waals surface area contributed by atoms with Crippen molar-refractivity contribution in [3.05, 3.63) is 64.0 Å². The molecular formula is C26H33NO6. The van der Waals surface area contributed by atoms with Gasteiger partial charge in [-0.1, -0.05) is 24.3 Å². The molecule has 178 valence electrons. The molecule has 1 aliphatic rings. The number of dihydropyridines is 1. The summed E-state index contributed by atoms with van der Waals surface area (Å²) >= 11 is 0. The van der Waals surface area contributed by atoms with E-state index in [0.29, 0.717) is 28.1 Å². The molecule has 1 atom stereocenters. The fourth-order valence-electron chi connectivity index (χ4n) is 3.63. The van der Waals surface area contributed by atoms with Crippen molar-refractivity contribution in [2.75, 3.05) is 13.2 Å². The summed E-state index contributed by atoms with van der Waals surface area (Å²) in [6.07, 6.45) is 3.01. The first-order valence-electron chi connectivity index (χ1n) is 11.0. The van der Waals surface area contributed by atoms with Gasteiger partial charge in [0.25, 0.3) is 0 Å². The third-order valence-corrected chi connectivity index (χ3v) is 4.92. The predicted octanol–water partition coefficient (Wildman–Crippen LogP) is 4.40. The van der Waals surface area contributed by atoms with E-state index in [1.165, 1.54) is 6.08 Å². The lowest BCUT2D eigenvalue weighted by atomic mass is 9.79. The van der Waals surface area contributed by atoms with Crippen molar-refractivity contribution in [2.45, 2.75) is 60.0 Å². The Hall–Kier alpha value is -3.35. The third kappa shape index (κ3) is 6.57. The van der Waals surface area contributed by atoms with E-state index in [0.717, 1.165) is 5.56 Å². The lowest BCUT2D eigenvalue weighted by molar-refractivity contribution is -0.148. The summed E-state index contributed by atoms with van der Waals surface area (Å²) in [7, 11) is 0. The SMILES string of the molecule is CCOC(=O)C1=C(C)C(c2ccccc2/C=C/C(=O)OC(C)(C)C)C(C(=O)OCC)=C(C)N1. The molecule has 7 nitrogen and oxygen atoms in total. The lowest BCUT2D eigenvalue weighted by Crippen LogP contribution is -2.33. The highest BCUT2D eigenvalue weighted by atomic mass is 16.6. The van der Waals surface area contributed by atoms with Crippen LogP contribution in [0.4, 0.5) is 0 Å². The number of hydrogen-bond donors (Lipinski definition) is 1. The predicted molar refractivity (Wildman–Crippen MR) is 126 cm³/mol. The van der Waals surface area contributed by atoms with Crippen LogP contribution in [0.5, 0.6) is 0 Å². The van der Waals surface area contributed by atoms with Crippen LogP contribution in [0.1, 0.15) is 65.5 Å². The Labute approximate surface area is 195 Å². The minimum Gasteiger partial charge on any atom is -0.463 e. The largest absolute Gasteiger partial charge is 0.463 e. The average Bonchev–Trinajstić information content (AvgIpc) is 2.72. The molecule has 1 aromatic rings. The van der Waals surface area contributed by atoms with Gasteiger partial charge < -0.3 is 19.5 Å². The van der Waals surface area contributed by atoms with E-state index in [1.54, 1.807) is 54.5 Å². The summed E-state index contributed by atoms with van der Waals surface area (Å²) in [5.41, 5.74) is 2.69. The highest BCUT2D eigenvalue weighted by Gasteiger charge is 2.36. The van der Waals surface area contributed by atoms with Crippen LogP contribution in [0.3, 0.4) is 0 Å². The van der Waals surface area contributed by atoms with E-state index < -0.39 is 29.4 Å². The maximum atomic E-state index is 12.9. The van der Waals surface area contributed by atoms with Crippen LogP contribution in [0, 0.1) is 0 Å². The van der Waals surface area contributed by atoms with Crippen molar-refractivity contribution < 1.29 is 28.6 Å². The molecule has 33 heavy (non-hydrogen) atoms. The maximum absolute atomic E-state index is 12.9. The first-order valence-corrected chi connectivity index (χ1v) is 11.0. The van der Waals surface area contributed by atoms with Gasteiger partial charge in [0.15, 0.2) is 0 Å². The maximum Gasteiger partial charge on any atom is 0.354 e. The van der Waals surface area contributed by atoms with Crippen LogP contribution in [0.2, 0.25) is 0 Å². The second kappa shape index (κ2) is 11.0. The van der Waals surface area contributed by atoms with Crippen LogP contribution in [-0.2, 0) is 28.6 Å². The number of ether oxygens (including phenoxy) is 3. The molecule has 7 heteroatoms. The quantitative estimate of drug-likeness (QED) is 0.370. The zero-order valence-corrected chi connectivity index (χ0v) is 20.4. The van der Waals surface area contributed by atoms with Crippen molar-refractivity contribution in [3.63, 3.8) is 0 Å². The standard InChI is InChI=1S/C26H33NO6/c1-8-31-24(29)22-17(4)27-23(25(30)32-9-2)16(3)21(22)19-13-11-10-12-18(19)14-15-20(28)33-26(5,6)7/h10-15,21,27H,8-9H2,1-7H3/b15-14+. The van der Waals surface area contributed by atoms with Gasteiger partial charge in [-0.15, -0.1) is 0 Å². The zero-order valence-electron chi connectivity index (χ0n) is 20.4. The highest BCUT2D eigenvalue weighted by Crippen LogP contribution is 2.40. The van der Waals surface area contributed by atoms with Gasteiger partial charge in [-0.05, 0) is 71.2 Å². The molecule has 1 aliphatic heterocycles. The van der Waals surface area contributed by atoms with Crippen LogP contribution in [0.15, 0.2) is 52.9 Å². The van der Waals surface area contributed by atoms with Crippen molar-refractivity contribution >= 4 is 24.0 Å². The summed E-state index contributed by atoms with van der Waals surface area (Å²) in [6, 6.07) is 7.39. The number of benzene rings is 1. The lowest BCUT2D eigenvalue weighted by Gasteiger charge is -2.31. The van der Waals surface area contributed by atoms with E-state index >= 15 is 0 Å². The van der Waals surface area contributed by atoms with E-state index in [4.69, 9.17) is 14.2 Å². The van der Waals surface area contributed by atoms with Crippen molar-refractivity contribution in [1.82, 2.24) is 5.32 Å². The Morgan fingerprint density at radius 3 is 2.21 bits per heavy atom. The molecule has 0 saturated carbocycles. The summed E-state index contributed by atoms with van der Waals surface area (Å²) < 4.78 is 15.9. The minimum absolute atomic E-state index is 0.218. The van der Waals surface area contributed by atoms with Gasteiger partial charge >= 0.3 is 17.9 Å². The summed E-state index contributed by atoms with van der Waals surface area (Å²) in [5, 5.41) is 3.03. The Bertz CT molecular complexity index is 1010.